The lowest BCUT2D eigenvalue weighted by molar-refractivity contribution is 0.660. The molecule has 0 unspecified atom stereocenters. The van der Waals surface area contributed by atoms with Gasteiger partial charge in [0.15, 0.2) is 0 Å². The van der Waals surface area contributed by atoms with Crippen LogP contribution in [0.15, 0.2) is 194 Å². The van der Waals surface area contributed by atoms with Crippen molar-refractivity contribution < 1.29 is 0 Å². The Morgan fingerprint density at radius 3 is 2.00 bits per heavy atom. The first-order valence-electron chi connectivity index (χ1n) is 19.9. The largest absolute Gasteiger partial charge is 0.310 e. The van der Waals surface area contributed by atoms with Crippen LogP contribution in [0.2, 0.25) is 0 Å². The maximum atomic E-state index is 2.47. The maximum Gasteiger partial charge on any atom is 0.0626 e. The number of anilines is 3. The van der Waals surface area contributed by atoms with E-state index in [-0.39, 0.29) is 5.41 Å². The lowest BCUT2D eigenvalue weighted by atomic mass is 9.82. The molecule has 9 aromatic carbocycles. The van der Waals surface area contributed by atoms with Gasteiger partial charge in [0.1, 0.15) is 0 Å². The monoisotopic (exact) mass is 726 g/mol. The van der Waals surface area contributed by atoms with Gasteiger partial charge in [-0.3, -0.25) is 0 Å². The van der Waals surface area contributed by atoms with Gasteiger partial charge in [-0.2, -0.15) is 0 Å². The minimum Gasteiger partial charge on any atom is -0.310 e. The van der Waals surface area contributed by atoms with Crippen LogP contribution in [0.1, 0.15) is 25.0 Å². The lowest BCUT2D eigenvalue weighted by Crippen LogP contribution is -2.16. The third kappa shape index (κ3) is 4.59. The van der Waals surface area contributed by atoms with Crippen molar-refractivity contribution in [2.75, 3.05) is 4.90 Å². The highest BCUT2D eigenvalue weighted by Gasteiger charge is 2.36. The molecule has 2 nitrogen and oxygen atoms in total. The van der Waals surface area contributed by atoms with Crippen molar-refractivity contribution in [3.05, 3.63) is 205 Å². The molecule has 12 rings (SSSR count). The second kappa shape index (κ2) is 11.9. The number of para-hydroxylation sites is 1. The molecule has 0 aliphatic heterocycles. The van der Waals surface area contributed by atoms with Crippen molar-refractivity contribution in [2.45, 2.75) is 19.3 Å². The van der Waals surface area contributed by atoms with Crippen LogP contribution in [0.3, 0.4) is 0 Å². The van der Waals surface area contributed by atoms with Crippen LogP contribution in [0.4, 0.5) is 17.1 Å². The molecule has 1 heterocycles. The van der Waals surface area contributed by atoms with E-state index >= 15 is 0 Å². The topological polar surface area (TPSA) is 8.17 Å². The predicted molar refractivity (Wildman–Crippen MR) is 240 cm³/mol. The van der Waals surface area contributed by atoms with Gasteiger partial charge in [-0.25, -0.2) is 0 Å². The summed E-state index contributed by atoms with van der Waals surface area (Å²) in [5.41, 5.74) is 18.7. The highest BCUT2D eigenvalue weighted by atomic mass is 15.1. The number of fused-ring (bicyclic) bond motifs is 9. The van der Waals surface area contributed by atoms with E-state index in [0.717, 1.165) is 17.1 Å². The Hall–Kier alpha value is -7.16. The van der Waals surface area contributed by atoms with E-state index < -0.39 is 0 Å². The summed E-state index contributed by atoms with van der Waals surface area (Å²) in [4.78, 5) is 2.46. The summed E-state index contributed by atoms with van der Waals surface area (Å²) in [5, 5.41) is 6.34. The Balaban J connectivity index is 1.06. The fourth-order valence-corrected chi connectivity index (χ4v) is 10.1. The van der Waals surface area contributed by atoms with Crippen molar-refractivity contribution in [1.29, 1.82) is 0 Å². The molecule has 0 atom stereocenters. The Morgan fingerprint density at radius 1 is 0.439 bits per heavy atom. The fraction of sp³-hybridized carbons (Fsp3) is 0.0545. The third-order valence-electron chi connectivity index (χ3n) is 12.7. The number of hydrogen-bond acceptors (Lipinski definition) is 1. The molecule has 1 aromatic heterocycles. The van der Waals surface area contributed by atoms with Crippen LogP contribution < -0.4 is 4.90 Å². The highest BCUT2D eigenvalue weighted by Crippen LogP contribution is 2.54. The van der Waals surface area contributed by atoms with Crippen LogP contribution in [0.5, 0.6) is 0 Å². The van der Waals surface area contributed by atoms with E-state index in [1.165, 1.54) is 93.9 Å². The Morgan fingerprint density at radius 2 is 1.11 bits per heavy atom. The molecule has 0 spiro atoms. The molecule has 0 saturated heterocycles. The second-order valence-electron chi connectivity index (χ2n) is 16.1. The van der Waals surface area contributed by atoms with Crippen molar-refractivity contribution in [2.24, 2.45) is 0 Å². The van der Waals surface area contributed by atoms with Gasteiger partial charge in [0, 0.05) is 44.4 Å². The van der Waals surface area contributed by atoms with Crippen molar-refractivity contribution in [1.82, 2.24) is 4.57 Å². The molecule has 0 amide bonds. The standard InChI is InChI=1S/C55H38N2/c1-55(2)48-26-9-8-23-43(48)44-30-29-41(34-49(44)55)56(50-27-13-15-35-14-6-7-22-42(35)50)40-21-10-18-37(32-40)38-28-31-51-47(33-38)53-45-24-11-16-36-17-12-25-46(52(36)45)54(53)57(51)39-19-4-3-5-20-39/h3-34H,1-2H3. The molecule has 57 heavy (non-hydrogen) atoms. The number of nitrogens with zero attached hydrogens (tertiary/aromatic N) is 2. The van der Waals surface area contributed by atoms with E-state index in [4.69, 9.17) is 0 Å². The summed E-state index contributed by atoms with van der Waals surface area (Å²) in [6.45, 7) is 4.72. The van der Waals surface area contributed by atoms with Gasteiger partial charge in [-0.15, -0.1) is 0 Å². The van der Waals surface area contributed by atoms with E-state index in [1.807, 2.05) is 0 Å². The second-order valence-corrected chi connectivity index (χ2v) is 16.1. The summed E-state index contributed by atoms with van der Waals surface area (Å²) in [5.74, 6) is 0. The van der Waals surface area contributed by atoms with Crippen molar-refractivity contribution in [3.63, 3.8) is 0 Å². The van der Waals surface area contributed by atoms with E-state index in [0.29, 0.717) is 0 Å². The molecule has 0 bridgehead atoms. The summed E-state index contributed by atoms with van der Waals surface area (Å²) < 4.78 is 2.47. The van der Waals surface area contributed by atoms with Gasteiger partial charge >= 0.3 is 0 Å². The van der Waals surface area contributed by atoms with Crippen molar-refractivity contribution >= 4 is 49.5 Å². The molecule has 2 heteroatoms. The first-order valence-corrected chi connectivity index (χ1v) is 19.9. The van der Waals surface area contributed by atoms with Crippen molar-refractivity contribution in [3.8, 4) is 50.3 Å². The normalized spacial score (nSPS) is 13.2. The lowest BCUT2D eigenvalue weighted by Gasteiger charge is -2.29. The molecule has 0 radical (unpaired) electrons. The smallest absolute Gasteiger partial charge is 0.0626 e. The molecule has 0 saturated carbocycles. The van der Waals surface area contributed by atoms with Gasteiger partial charge in [0.2, 0.25) is 0 Å². The Labute approximate surface area is 332 Å². The summed E-state index contributed by atoms with van der Waals surface area (Å²) >= 11 is 0. The first kappa shape index (κ1) is 32.1. The van der Waals surface area contributed by atoms with Gasteiger partial charge in [0.05, 0.1) is 16.9 Å². The van der Waals surface area contributed by atoms with Gasteiger partial charge in [0.25, 0.3) is 0 Å². The third-order valence-corrected chi connectivity index (χ3v) is 12.7. The fourth-order valence-electron chi connectivity index (χ4n) is 10.1. The molecule has 0 N–H and O–H groups in total. The number of benzene rings is 9. The predicted octanol–water partition coefficient (Wildman–Crippen LogP) is 15.0. The average molecular weight is 727 g/mol. The molecular formula is C55H38N2. The number of rotatable bonds is 5. The molecule has 268 valence electrons. The minimum absolute atomic E-state index is 0.107. The zero-order valence-electron chi connectivity index (χ0n) is 31.9. The average Bonchev–Trinajstić information content (AvgIpc) is 3.85. The van der Waals surface area contributed by atoms with Crippen LogP contribution in [-0.4, -0.2) is 4.57 Å². The van der Waals surface area contributed by atoms with Gasteiger partial charge in [-0.05, 0) is 110 Å². The number of hydrogen-bond donors (Lipinski definition) is 0. The van der Waals surface area contributed by atoms with Crippen LogP contribution in [0, 0.1) is 0 Å². The highest BCUT2D eigenvalue weighted by molar-refractivity contribution is 6.22. The summed E-state index contributed by atoms with van der Waals surface area (Å²) in [6.07, 6.45) is 0. The Kier molecular flexibility index (Phi) is 6.72. The van der Waals surface area contributed by atoms with E-state index in [1.54, 1.807) is 0 Å². The zero-order valence-corrected chi connectivity index (χ0v) is 31.9. The quantitative estimate of drug-likeness (QED) is 0.171. The van der Waals surface area contributed by atoms with E-state index in [9.17, 15) is 0 Å². The SMILES string of the molecule is CC1(C)c2ccccc2-c2ccc(N(c3cccc(-c4ccc5c(c4)c4c(n5-c5ccccc5)-c5cccc6cccc-4c56)c3)c3cccc4ccccc34)cc21. The van der Waals surface area contributed by atoms with E-state index in [2.05, 4.69) is 217 Å². The molecule has 10 aromatic rings. The van der Waals surface area contributed by atoms with Gasteiger partial charge in [-0.1, -0.05) is 153 Å². The van der Waals surface area contributed by atoms with Crippen LogP contribution in [-0.2, 0) is 5.41 Å². The zero-order chi connectivity index (χ0) is 37.8. The van der Waals surface area contributed by atoms with Crippen LogP contribution >= 0.6 is 0 Å². The summed E-state index contributed by atoms with van der Waals surface area (Å²) in [6, 6.07) is 71.9. The minimum atomic E-state index is -0.107. The molecule has 2 aliphatic carbocycles. The first-order chi connectivity index (χ1) is 28.0. The Bertz CT molecular complexity index is 3260. The summed E-state index contributed by atoms with van der Waals surface area (Å²) in [7, 11) is 0. The molecule has 2 aliphatic rings. The van der Waals surface area contributed by atoms with Gasteiger partial charge < -0.3 is 9.47 Å². The molecule has 0 fully saturated rings. The number of aromatic nitrogens is 1. The maximum absolute atomic E-state index is 2.47. The molecular weight excluding hydrogens is 689 g/mol. The van der Waals surface area contributed by atoms with Crippen LogP contribution in [0.25, 0.3) is 82.8 Å².